The van der Waals surface area contributed by atoms with Crippen molar-refractivity contribution < 1.29 is 19.1 Å². The number of hydrogen-bond donors (Lipinski definition) is 0. The van der Waals surface area contributed by atoms with Crippen molar-refractivity contribution >= 4 is 11.8 Å². The molecule has 20 heavy (non-hydrogen) atoms. The third-order valence-electron chi connectivity index (χ3n) is 3.63. The molecular weight excluding hydrogens is 256 g/mol. The summed E-state index contributed by atoms with van der Waals surface area (Å²) in [4.78, 5) is 23.6. The number of benzene rings is 1. The molecule has 0 saturated heterocycles. The van der Waals surface area contributed by atoms with Gasteiger partial charge in [0.25, 0.3) is 0 Å². The van der Waals surface area contributed by atoms with E-state index in [9.17, 15) is 9.59 Å². The van der Waals surface area contributed by atoms with E-state index < -0.39 is 0 Å². The third kappa shape index (κ3) is 3.90. The molecule has 1 aliphatic rings. The summed E-state index contributed by atoms with van der Waals surface area (Å²) in [5.74, 6) is -0.347. The first-order valence-electron chi connectivity index (χ1n) is 7.01. The zero-order valence-corrected chi connectivity index (χ0v) is 11.7. The van der Waals surface area contributed by atoms with E-state index in [1.165, 1.54) is 0 Å². The second-order valence-corrected chi connectivity index (χ2v) is 5.02. The summed E-state index contributed by atoms with van der Waals surface area (Å²) in [5, 5.41) is 0. The molecule has 1 aromatic rings. The Morgan fingerprint density at radius 2 is 1.80 bits per heavy atom. The Balaban J connectivity index is 1.76. The largest absolute Gasteiger partial charge is 0.460 e. The van der Waals surface area contributed by atoms with Gasteiger partial charge in [0.2, 0.25) is 0 Å². The Morgan fingerprint density at radius 3 is 2.50 bits per heavy atom. The predicted octanol–water partition coefficient (Wildman–Crippen LogP) is 2.76. The fourth-order valence-electron chi connectivity index (χ4n) is 2.51. The lowest BCUT2D eigenvalue weighted by Gasteiger charge is -2.18. The number of methoxy groups -OCH3 is 1. The van der Waals surface area contributed by atoms with Gasteiger partial charge < -0.3 is 9.47 Å². The van der Waals surface area contributed by atoms with Crippen LogP contribution in [0.25, 0.3) is 0 Å². The highest BCUT2D eigenvalue weighted by Gasteiger charge is 2.30. The van der Waals surface area contributed by atoms with E-state index in [1.54, 1.807) is 19.2 Å². The number of esters is 1. The maximum absolute atomic E-state index is 11.9. The van der Waals surface area contributed by atoms with Gasteiger partial charge in [0, 0.05) is 19.1 Å². The van der Waals surface area contributed by atoms with Crippen molar-refractivity contribution in [3.8, 4) is 0 Å². The Kier molecular flexibility index (Phi) is 5.30. The molecule has 0 bridgehead atoms. The molecule has 2 atom stereocenters. The van der Waals surface area contributed by atoms with Crippen molar-refractivity contribution in [2.75, 3.05) is 7.11 Å². The van der Waals surface area contributed by atoms with Gasteiger partial charge in [-0.2, -0.15) is 0 Å². The Labute approximate surface area is 119 Å². The van der Waals surface area contributed by atoms with Crippen LogP contribution >= 0.6 is 0 Å². The highest BCUT2D eigenvalue weighted by molar-refractivity contribution is 5.97. The van der Waals surface area contributed by atoms with Crippen LogP contribution < -0.4 is 0 Å². The zero-order chi connectivity index (χ0) is 14.4. The monoisotopic (exact) mass is 276 g/mol. The number of hydrogen-bond acceptors (Lipinski definition) is 4. The molecule has 0 N–H and O–H groups in total. The smallest absolute Gasteiger partial charge is 0.306 e. The molecule has 0 aliphatic heterocycles. The van der Waals surface area contributed by atoms with Gasteiger partial charge in [-0.05, 0) is 19.3 Å². The lowest BCUT2D eigenvalue weighted by Crippen LogP contribution is -2.27. The van der Waals surface area contributed by atoms with Crippen molar-refractivity contribution in [1.29, 1.82) is 0 Å². The van der Waals surface area contributed by atoms with E-state index in [0.29, 0.717) is 5.56 Å². The molecule has 0 spiro atoms. The number of Topliss-reactive ketones (excluding diaryl/α,β-unsaturated/α-hetero) is 1. The van der Waals surface area contributed by atoms with Gasteiger partial charge in [0.05, 0.1) is 12.5 Å². The second kappa shape index (κ2) is 7.20. The van der Waals surface area contributed by atoms with Crippen molar-refractivity contribution in [3.63, 3.8) is 0 Å². The average Bonchev–Trinajstić information content (AvgIpc) is 2.92. The second-order valence-electron chi connectivity index (χ2n) is 5.02. The Morgan fingerprint density at radius 1 is 1.10 bits per heavy atom. The topological polar surface area (TPSA) is 52.6 Å². The van der Waals surface area contributed by atoms with E-state index in [0.717, 1.165) is 19.3 Å². The molecule has 108 valence electrons. The highest BCUT2D eigenvalue weighted by Crippen LogP contribution is 2.24. The normalized spacial score (nSPS) is 21.6. The van der Waals surface area contributed by atoms with Gasteiger partial charge in [-0.3, -0.25) is 9.59 Å². The summed E-state index contributed by atoms with van der Waals surface area (Å²) in [5.41, 5.74) is 0.635. The number of carbonyl (C=O) groups is 2. The minimum atomic E-state index is -0.316. The van der Waals surface area contributed by atoms with Crippen LogP contribution in [0.5, 0.6) is 0 Å². The average molecular weight is 276 g/mol. The summed E-state index contributed by atoms with van der Waals surface area (Å²) < 4.78 is 10.7. The van der Waals surface area contributed by atoms with Gasteiger partial charge in [-0.1, -0.05) is 30.3 Å². The standard InChI is InChI=1S/C16H20O4/c1-19-14-8-5-9-15(14)20-16(18)11-10-13(17)12-6-3-2-4-7-12/h2-4,6-7,14-15H,5,8-11H2,1H3/t14-,15-/m0/s1. The number of rotatable bonds is 6. The van der Waals surface area contributed by atoms with Crippen LogP contribution in [0.1, 0.15) is 42.5 Å². The lowest BCUT2D eigenvalue weighted by atomic mass is 10.1. The molecular formula is C16H20O4. The molecule has 1 fully saturated rings. The maximum atomic E-state index is 11.9. The van der Waals surface area contributed by atoms with Gasteiger partial charge in [-0.15, -0.1) is 0 Å². The van der Waals surface area contributed by atoms with Crippen molar-refractivity contribution in [1.82, 2.24) is 0 Å². The summed E-state index contributed by atoms with van der Waals surface area (Å²) in [6.45, 7) is 0. The van der Waals surface area contributed by atoms with Crippen LogP contribution in [0.4, 0.5) is 0 Å². The first kappa shape index (κ1) is 14.7. The van der Waals surface area contributed by atoms with Crippen LogP contribution in [-0.2, 0) is 14.3 Å². The number of carbonyl (C=O) groups excluding carboxylic acids is 2. The van der Waals surface area contributed by atoms with Crippen molar-refractivity contribution in [3.05, 3.63) is 35.9 Å². The maximum Gasteiger partial charge on any atom is 0.306 e. The quantitative estimate of drug-likeness (QED) is 0.592. The molecule has 0 heterocycles. The summed E-state index contributed by atoms with van der Waals surface area (Å²) in [6, 6.07) is 8.99. The van der Waals surface area contributed by atoms with E-state index in [1.807, 2.05) is 18.2 Å². The van der Waals surface area contributed by atoms with E-state index in [-0.39, 0.29) is 36.8 Å². The summed E-state index contributed by atoms with van der Waals surface area (Å²) in [6.07, 6.45) is 2.95. The molecule has 0 amide bonds. The first-order valence-corrected chi connectivity index (χ1v) is 7.01. The summed E-state index contributed by atoms with van der Waals surface area (Å²) >= 11 is 0. The van der Waals surface area contributed by atoms with Gasteiger partial charge in [0.1, 0.15) is 6.10 Å². The molecule has 1 saturated carbocycles. The molecule has 2 rings (SSSR count). The predicted molar refractivity (Wildman–Crippen MR) is 74.5 cm³/mol. The molecule has 4 nitrogen and oxygen atoms in total. The molecule has 1 aliphatic carbocycles. The van der Waals surface area contributed by atoms with Crippen LogP contribution in [0.15, 0.2) is 30.3 Å². The van der Waals surface area contributed by atoms with Crippen molar-refractivity contribution in [2.45, 2.75) is 44.3 Å². The van der Waals surface area contributed by atoms with Crippen LogP contribution in [0.3, 0.4) is 0 Å². The zero-order valence-electron chi connectivity index (χ0n) is 11.7. The number of ether oxygens (including phenoxy) is 2. The number of ketones is 1. The molecule has 0 radical (unpaired) electrons. The molecule has 4 heteroatoms. The van der Waals surface area contributed by atoms with Crippen LogP contribution in [0.2, 0.25) is 0 Å². The van der Waals surface area contributed by atoms with Gasteiger partial charge >= 0.3 is 5.97 Å². The third-order valence-corrected chi connectivity index (χ3v) is 3.63. The fraction of sp³-hybridized carbons (Fsp3) is 0.500. The van der Waals surface area contributed by atoms with Crippen molar-refractivity contribution in [2.24, 2.45) is 0 Å². The van der Waals surface area contributed by atoms with Gasteiger partial charge in [0.15, 0.2) is 5.78 Å². The van der Waals surface area contributed by atoms with Gasteiger partial charge in [-0.25, -0.2) is 0 Å². The fourth-order valence-corrected chi connectivity index (χ4v) is 2.51. The SMILES string of the molecule is CO[C@H]1CCC[C@@H]1OC(=O)CCC(=O)c1ccccc1. The van der Waals surface area contributed by atoms with Crippen LogP contribution in [-0.4, -0.2) is 31.1 Å². The highest BCUT2D eigenvalue weighted by atomic mass is 16.6. The molecule has 0 aromatic heterocycles. The lowest BCUT2D eigenvalue weighted by molar-refractivity contribution is -0.154. The molecule has 1 aromatic carbocycles. The molecule has 0 unspecified atom stereocenters. The van der Waals surface area contributed by atoms with Crippen LogP contribution in [0, 0.1) is 0 Å². The first-order chi connectivity index (χ1) is 9.70. The minimum absolute atomic E-state index is 0.00350. The van der Waals surface area contributed by atoms with E-state index in [4.69, 9.17) is 9.47 Å². The Bertz CT molecular complexity index is 455. The minimum Gasteiger partial charge on any atom is -0.460 e. The summed E-state index contributed by atoms with van der Waals surface area (Å²) in [7, 11) is 1.63. The van der Waals surface area contributed by atoms with E-state index >= 15 is 0 Å². The van der Waals surface area contributed by atoms with E-state index in [2.05, 4.69) is 0 Å². The Hall–Kier alpha value is -1.68.